The second-order valence-corrected chi connectivity index (χ2v) is 9.03. The fraction of sp³-hybridized carbons (Fsp3) is 0.0625. The van der Waals surface area contributed by atoms with Crippen LogP contribution in [0.1, 0.15) is 22.3 Å². The molecular weight excluding hydrogens is 395 g/mol. The third-order valence-electron chi connectivity index (χ3n) is 7.56. The molecule has 33 heavy (non-hydrogen) atoms. The third kappa shape index (κ3) is 2.32. The molecule has 1 unspecified atom stereocenters. The van der Waals surface area contributed by atoms with E-state index in [2.05, 4.69) is 129 Å². The highest BCUT2D eigenvalue weighted by atomic mass is 14.5. The van der Waals surface area contributed by atoms with E-state index < -0.39 is 0 Å². The zero-order chi connectivity index (χ0) is 22.0. The molecule has 1 heteroatoms. The van der Waals surface area contributed by atoms with Gasteiger partial charge in [0.1, 0.15) is 7.28 Å². The van der Waals surface area contributed by atoms with Gasteiger partial charge in [0.05, 0.1) is 5.41 Å². The number of hydrogen-bond donors (Lipinski definition) is 0. The van der Waals surface area contributed by atoms with Crippen molar-refractivity contribution >= 4 is 12.7 Å². The summed E-state index contributed by atoms with van der Waals surface area (Å²) in [7, 11) is 2.27. The third-order valence-corrected chi connectivity index (χ3v) is 7.56. The van der Waals surface area contributed by atoms with Crippen LogP contribution in [0.4, 0.5) is 0 Å². The summed E-state index contributed by atoms with van der Waals surface area (Å²) >= 11 is 0. The van der Waals surface area contributed by atoms with Crippen molar-refractivity contribution in [2.24, 2.45) is 0 Å². The van der Waals surface area contributed by atoms with Crippen molar-refractivity contribution in [2.75, 3.05) is 0 Å². The minimum absolute atomic E-state index is 0.300. The average molecular weight is 417 g/mol. The van der Waals surface area contributed by atoms with E-state index in [4.69, 9.17) is 0 Å². The summed E-state index contributed by atoms with van der Waals surface area (Å²) in [5.41, 5.74) is 14.5. The lowest BCUT2D eigenvalue weighted by atomic mass is 9.61. The van der Waals surface area contributed by atoms with Crippen molar-refractivity contribution in [1.29, 1.82) is 0 Å². The Bertz CT molecular complexity index is 1530. The Balaban J connectivity index is 1.66. The first-order valence-electron chi connectivity index (χ1n) is 11.7. The molecule has 0 bridgehead atoms. The van der Waals surface area contributed by atoms with Gasteiger partial charge in [0.15, 0.2) is 0 Å². The maximum atomic E-state index is 2.45. The molecule has 1 radical (unpaired) electrons. The Morgan fingerprint density at radius 1 is 0.485 bits per heavy atom. The van der Waals surface area contributed by atoms with Gasteiger partial charge in [0.2, 0.25) is 0 Å². The standard InChI is InChI=1S/C32H22B/c1-33-30-17-9-14-26-24-13-6-8-16-28(24)32(31(26)30)27-15-7-5-12-23(27)25-19-18-22(20-29(25)32)21-10-3-2-4-11-21/h2-20H,1H3. The predicted molar refractivity (Wildman–Crippen MR) is 139 cm³/mol. The molecule has 0 nitrogen and oxygen atoms in total. The van der Waals surface area contributed by atoms with E-state index in [-0.39, 0.29) is 5.41 Å². The minimum atomic E-state index is -0.300. The second-order valence-electron chi connectivity index (χ2n) is 9.03. The molecule has 1 atom stereocenters. The lowest BCUT2D eigenvalue weighted by molar-refractivity contribution is 0.799. The highest BCUT2D eigenvalue weighted by molar-refractivity contribution is 6.53. The Morgan fingerprint density at radius 2 is 1.09 bits per heavy atom. The number of fused-ring (bicyclic) bond motifs is 10. The molecule has 2 aliphatic rings. The summed E-state index contributed by atoms with van der Waals surface area (Å²) in [6.45, 7) is 2.16. The maximum absolute atomic E-state index is 2.45. The summed E-state index contributed by atoms with van der Waals surface area (Å²) in [6.07, 6.45) is 0. The van der Waals surface area contributed by atoms with Gasteiger partial charge in [0, 0.05) is 0 Å². The van der Waals surface area contributed by atoms with Crippen molar-refractivity contribution in [3.63, 3.8) is 0 Å². The van der Waals surface area contributed by atoms with Crippen LogP contribution in [0, 0.1) is 0 Å². The van der Waals surface area contributed by atoms with Gasteiger partial charge in [-0.2, -0.15) is 0 Å². The summed E-state index contributed by atoms with van der Waals surface area (Å²) in [6, 6.07) is 42.6. The van der Waals surface area contributed by atoms with Crippen LogP contribution < -0.4 is 5.46 Å². The molecule has 0 heterocycles. The van der Waals surface area contributed by atoms with Crippen LogP contribution in [-0.4, -0.2) is 7.28 Å². The Labute approximate surface area is 195 Å². The molecular formula is C32H22B. The average Bonchev–Trinajstić information content (AvgIpc) is 3.36. The molecule has 2 aliphatic carbocycles. The molecule has 0 amide bonds. The van der Waals surface area contributed by atoms with E-state index in [0.29, 0.717) is 0 Å². The van der Waals surface area contributed by atoms with Gasteiger partial charge in [-0.15, -0.1) is 0 Å². The number of hydrogen-bond acceptors (Lipinski definition) is 0. The van der Waals surface area contributed by atoms with Crippen molar-refractivity contribution in [2.45, 2.75) is 12.2 Å². The van der Waals surface area contributed by atoms with Gasteiger partial charge in [-0.3, -0.25) is 0 Å². The predicted octanol–water partition coefficient (Wildman–Crippen LogP) is 7.07. The van der Waals surface area contributed by atoms with Gasteiger partial charge in [-0.25, -0.2) is 0 Å². The van der Waals surface area contributed by atoms with E-state index in [1.54, 1.807) is 0 Å². The monoisotopic (exact) mass is 417 g/mol. The fourth-order valence-corrected chi connectivity index (χ4v) is 6.28. The van der Waals surface area contributed by atoms with E-state index in [1.807, 2.05) is 0 Å². The number of benzene rings is 5. The molecule has 0 saturated heterocycles. The van der Waals surface area contributed by atoms with Crippen LogP contribution in [-0.2, 0) is 5.41 Å². The molecule has 5 aromatic rings. The number of rotatable bonds is 2. The largest absolute Gasteiger partial charge is 0.148 e. The first kappa shape index (κ1) is 18.7. The van der Waals surface area contributed by atoms with Crippen LogP contribution >= 0.6 is 0 Å². The first-order valence-corrected chi connectivity index (χ1v) is 11.7. The van der Waals surface area contributed by atoms with Crippen LogP contribution in [0.3, 0.4) is 0 Å². The van der Waals surface area contributed by atoms with Crippen LogP contribution in [0.25, 0.3) is 33.4 Å². The maximum Gasteiger partial charge on any atom is 0.148 e. The zero-order valence-corrected chi connectivity index (χ0v) is 18.5. The SMILES string of the molecule is C[B]c1cccc2c1C1(c3ccccc3-c3ccc(-c4ccccc4)cc31)c1ccccc1-2. The van der Waals surface area contributed by atoms with E-state index in [0.717, 1.165) is 0 Å². The molecule has 0 N–H and O–H groups in total. The summed E-state index contributed by atoms with van der Waals surface area (Å²) in [5, 5.41) is 0. The molecule has 7 rings (SSSR count). The highest BCUT2D eigenvalue weighted by Gasteiger charge is 2.52. The van der Waals surface area contributed by atoms with E-state index >= 15 is 0 Å². The normalized spacial score (nSPS) is 16.8. The van der Waals surface area contributed by atoms with Crippen molar-refractivity contribution in [3.8, 4) is 33.4 Å². The van der Waals surface area contributed by atoms with Crippen molar-refractivity contribution in [1.82, 2.24) is 0 Å². The smallest absolute Gasteiger partial charge is 0.0872 e. The summed E-state index contributed by atoms with van der Waals surface area (Å²) < 4.78 is 0. The summed E-state index contributed by atoms with van der Waals surface area (Å²) in [4.78, 5) is 0. The first-order chi connectivity index (χ1) is 16.3. The summed E-state index contributed by atoms with van der Waals surface area (Å²) in [5.74, 6) is 0. The van der Waals surface area contributed by atoms with Crippen LogP contribution in [0.5, 0.6) is 0 Å². The Hall–Kier alpha value is -3.84. The molecule has 153 valence electrons. The van der Waals surface area contributed by atoms with Gasteiger partial charge in [0.25, 0.3) is 0 Å². The van der Waals surface area contributed by atoms with Gasteiger partial charge < -0.3 is 0 Å². The minimum Gasteiger partial charge on any atom is -0.0872 e. The fourth-order valence-electron chi connectivity index (χ4n) is 6.28. The zero-order valence-electron chi connectivity index (χ0n) is 18.5. The van der Waals surface area contributed by atoms with E-state index in [1.165, 1.54) is 61.1 Å². The van der Waals surface area contributed by atoms with Crippen LogP contribution in [0.15, 0.2) is 115 Å². The Morgan fingerprint density at radius 3 is 1.82 bits per heavy atom. The lowest BCUT2D eigenvalue weighted by Crippen LogP contribution is -2.33. The topological polar surface area (TPSA) is 0 Å². The van der Waals surface area contributed by atoms with Crippen molar-refractivity contribution in [3.05, 3.63) is 138 Å². The molecule has 0 aromatic heterocycles. The molecule has 1 spiro atoms. The van der Waals surface area contributed by atoms with Crippen LogP contribution in [0.2, 0.25) is 6.82 Å². The van der Waals surface area contributed by atoms with Gasteiger partial charge >= 0.3 is 0 Å². The second kappa shape index (κ2) is 6.83. The van der Waals surface area contributed by atoms with Gasteiger partial charge in [-0.05, 0) is 61.7 Å². The van der Waals surface area contributed by atoms with Crippen molar-refractivity contribution < 1.29 is 0 Å². The highest BCUT2D eigenvalue weighted by Crippen LogP contribution is 2.62. The molecule has 5 aromatic carbocycles. The lowest BCUT2D eigenvalue weighted by Gasteiger charge is -2.32. The molecule has 0 saturated carbocycles. The molecule has 0 aliphatic heterocycles. The quantitative estimate of drug-likeness (QED) is 0.264. The van der Waals surface area contributed by atoms with Gasteiger partial charge in [-0.1, -0.05) is 121 Å². The molecule has 0 fully saturated rings. The van der Waals surface area contributed by atoms with E-state index in [9.17, 15) is 0 Å². The Kier molecular flexibility index (Phi) is 3.87.